The summed E-state index contributed by atoms with van der Waals surface area (Å²) in [6, 6.07) is 8.93. The molecule has 0 saturated heterocycles. The molecule has 2 aromatic heterocycles. The summed E-state index contributed by atoms with van der Waals surface area (Å²) in [6.45, 7) is 0. The van der Waals surface area contributed by atoms with Gasteiger partial charge in [0.15, 0.2) is 0 Å². The molecule has 0 aliphatic rings. The van der Waals surface area contributed by atoms with Crippen molar-refractivity contribution in [2.75, 3.05) is 0 Å². The number of benzene rings is 1. The standard InChI is InChI=1S/C15H8BrF3N2O2/c16-14-4-2-10(8-21-14)22-13-5-6-20-12-7-9(1-3-11(12)13)23-15(17,18)19/h1-8H. The van der Waals surface area contributed by atoms with E-state index in [9.17, 15) is 13.2 Å². The van der Waals surface area contributed by atoms with Crippen molar-refractivity contribution in [2.45, 2.75) is 6.36 Å². The minimum Gasteiger partial charge on any atom is -0.455 e. The number of pyridine rings is 2. The van der Waals surface area contributed by atoms with Crippen LogP contribution in [0.4, 0.5) is 13.2 Å². The number of hydrogen-bond acceptors (Lipinski definition) is 4. The zero-order valence-corrected chi connectivity index (χ0v) is 12.9. The Morgan fingerprint density at radius 2 is 1.74 bits per heavy atom. The van der Waals surface area contributed by atoms with Gasteiger partial charge in [0.2, 0.25) is 0 Å². The molecule has 0 fully saturated rings. The van der Waals surface area contributed by atoms with Crippen LogP contribution in [-0.2, 0) is 0 Å². The molecule has 1 aromatic carbocycles. The van der Waals surface area contributed by atoms with E-state index in [4.69, 9.17) is 4.74 Å². The van der Waals surface area contributed by atoms with Crippen molar-refractivity contribution in [3.63, 3.8) is 0 Å². The van der Waals surface area contributed by atoms with Crippen LogP contribution in [-0.4, -0.2) is 16.3 Å². The van der Waals surface area contributed by atoms with Crippen LogP contribution in [0.3, 0.4) is 0 Å². The molecule has 0 amide bonds. The van der Waals surface area contributed by atoms with E-state index in [2.05, 4.69) is 30.6 Å². The molecular weight excluding hydrogens is 377 g/mol. The zero-order valence-electron chi connectivity index (χ0n) is 11.3. The molecule has 0 N–H and O–H groups in total. The second kappa shape index (κ2) is 6.04. The highest BCUT2D eigenvalue weighted by atomic mass is 79.9. The summed E-state index contributed by atoms with van der Waals surface area (Å²) in [5.41, 5.74) is 0.328. The van der Waals surface area contributed by atoms with Gasteiger partial charge in [0.25, 0.3) is 0 Å². The van der Waals surface area contributed by atoms with E-state index in [0.717, 1.165) is 0 Å². The van der Waals surface area contributed by atoms with Crippen LogP contribution in [0.15, 0.2) is 53.4 Å². The van der Waals surface area contributed by atoms with Crippen molar-refractivity contribution in [3.05, 3.63) is 53.4 Å². The van der Waals surface area contributed by atoms with Crippen molar-refractivity contribution in [1.82, 2.24) is 9.97 Å². The molecule has 0 radical (unpaired) electrons. The largest absolute Gasteiger partial charge is 0.573 e. The summed E-state index contributed by atoms with van der Waals surface area (Å²) in [4.78, 5) is 8.08. The molecule has 8 heteroatoms. The minimum atomic E-state index is -4.75. The van der Waals surface area contributed by atoms with Gasteiger partial charge >= 0.3 is 6.36 Å². The van der Waals surface area contributed by atoms with Crippen molar-refractivity contribution >= 4 is 26.8 Å². The molecule has 0 aliphatic heterocycles. The van der Waals surface area contributed by atoms with Crippen LogP contribution < -0.4 is 9.47 Å². The molecule has 0 unspecified atom stereocenters. The molecule has 3 rings (SSSR count). The number of halogens is 4. The Morgan fingerprint density at radius 1 is 0.957 bits per heavy atom. The van der Waals surface area contributed by atoms with Gasteiger partial charge in [0.05, 0.1) is 11.7 Å². The highest BCUT2D eigenvalue weighted by Gasteiger charge is 2.31. The number of alkyl halides is 3. The monoisotopic (exact) mass is 384 g/mol. The van der Waals surface area contributed by atoms with Gasteiger partial charge in [-0.1, -0.05) is 0 Å². The predicted octanol–water partition coefficient (Wildman–Crippen LogP) is 5.08. The van der Waals surface area contributed by atoms with Gasteiger partial charge in [0.1, 0.15) is 21.9 Å². The molecule has 4 nitrogen and oxygen atoms in total. The van der Waals surface area contributed by atoms with E-state index in [-0.39, 0.29) is 5.75 Å². The first kappa shape index (κ1) is 15.5. The summed E-state index contributed by atoms with van der Waals surface area (Å²) in [7, 11) is 0. The first-order valence-corrected chi connectivity index (χ1v) is 7.14. The van der Waals surface area contributed by atoms with E-state index in [1.54, 1.807) is 18.2 Å². The third-order valence-corrected chi connectivity index (χ3v) is 3.30. The third-order valence-electron chi connectivity index (χ3n) is 2.84. The Morgan fingerprint density at radius 3 is 2.43 bits per heavy atom. The van der Waals surface area contributed by atoms with Gasteiger partial charge < -0.3 is 9.47 Å². The number of fused-ring (bicyclic) bond motifs is 1. The fourth-order valence-electron chi connectivity index (χ4n) is 1.94. The maximum Gasteiger partial charge on any atom is 0.573 e. The van der Waals surface area contributed by atoms with Gasteiger partial charge in [0, 0.05) is 17.6 Å². The second-order valence-corrected chi connectivity index (χ2v) is 5.27. The number of nitrogens with zero attached hydrogens (tertiary/aromatic N) is 2. The van der Waals surface area contributed by atoms with Gasteiger partial charge in [-0.05, 0) is 46.3 Å². The summed E-state index contributed by atoms with van der Waals surface area (Å²) < 4.78 is 47.0. The highest BCUT2D eigenvalue weighted by molar-refractivity contribution is 9.10. The van der Waals surface area contributed by atoms with Gasteiger partial charge in [-0.25, -0.2) is 4.98 Å². The molecule has 3 aromatic rings. The lowest BCUT2D eigenvalue weighted by Crippen LogP contribution is -2.17. The van der Waals surface area contributed by atoms with E-state index in [1.165, 1.54) is 30.6 Å². The Labute approximate surface area is 137 Å². The summed E-state index contributed by atoms with van der Waals surface area (Å²) in [5.74, 6) is 0.619. The molecule has 0 spiro atoms. The Balaban J connectivity index is 1.94. The lowest BCUT2D eigenvalue weighted by atomic mass is 10.2. The van der Waals surface area contributed by atoms with Crippen LogP contribution in [0, 0.1) is 0 Å². The number of hydrogen-bond donors (Lipinski definition) is 0. The predicted molar refractivity (Wildman–Crippen MR) is 80.4 cm³/mol. The molecule has 118 valence electrons. The summed E-state index contributed by atoms with van der Waals surface area (Å²) in [6.07, 6.45) is -1.77. The zero-order chi connectivity index (χ0) is 16.4. The van der Waals surface area contributed by atoms with Crippen molar-refractivity contribution in [2.24, 2.45) is 0 Å². The fraction of sp³-hybridized carbons (Fsp3) is 0.0667. The molecule has 2 heterocycles. The quantitative estimate of drug-likeness (QED) is 0.590. The normalized spacial score (nSPS) is 11.5. The lowest BCUT2D eigenvalue weighted by molar-refractivity contribution is -0.274. The second-order valence-electron chi connectivity index (χ2n) is 4.45. The third kappa shape index (κ3) is 3.89. The molecular formula is C15H8BrF3N2O2. The topological polar surface area (TPSA) is 44.2 Å². The number of ether oxygens (including phenoxy) is 2. The summed E-state index contributed by atoms with van der Waals surface area (Å²) >= 11 is 3.22. The van der Waals surface area contributed by atoms with E-state index >= 15 is 0 Å². The first-order chi connectivity index (χ1) is 10.9. The van der Waals surface area contributed by atoms with Gasteiger partial charge in [-0.2, -0.15) is 0 Å². The Hall–Kier alpha value is -2.35. The van der Waals surface area contributed by atoms with Crippen molar-refractivity contribution < 1.29 is 22.6 Å². The molecule has 0 saturated carbocycles. The average molecular weight is 385 g/mol. The molecule has 0 bridgehead atoms. The Bertz CT molecular complexity index is 838. The first-order valence-electron chi connectivity index (χ1n) is 6.35. The highest BCUT2D eigenvalue weighted by Crippen LogP contribution is 2.32. The van der Waals surface area contributed by atoms with Crippen LogP contribution in [0.5, 0.6) is 17.2 Å². The van der Waals surface area contributed by atoms with E-state index in [1.807, 2.05) is 0 Å². The van der Waals surface area contributed by atoms with Crippen LogP contribution in [0.1, 0.15) is 0 Å². The average Bonchev–Trinajstić information content (AvgIpc) is 2.48. The lowest BCUT2D eigenvalue weighted by Gasteiger charge is -2.11. The fourth-order valence-corrected chi connectivity index (χ4v) is 2.17. The number of rotatable bonds is 3. The minimum absolute atomic E-state index is 0.328. The molecule has 0 aliphatic carbocycles. The van der Waals surface area contributed by atoms with E-state index < -0.39 is 6.36 Å². The van der Waals surface area contributed by atoms with Gasteiger partial charge in [-0.3, -0.25) is 4.98 Å². The van der Waals surface area contributed by atoms with Crippen LogP contribution >= 0.6 is 15.9 Å². The van der Waals surface area contributed by atoms with Crippen molar-refractivity contribution in [1.29, 1.82) is 0 Å². The van der Waals surface area contributed by atoms with Crippen LogP contribution in [0.25, 0.3) is 10.9 Å². The van der Waals surface area contributed by atoms with Crippen LogP contribution in [0.2, 0.25) is 0 Å². The van der Waals surface area contributed by atoms with Crippen molar-refractivity contribution in [3.8, 4) is 17.2 Å². The summed E-state index contributed by atoms with van der Waals surface area (Å²) in [5, 5.41) is 0.560. The maximum atomic E-state index is 12.3. The Kier molecular flexibility index (Phi) is 4.08. The molecule has 23 heavy (non-hydrogen) atoms. The number of aromatic nitrogens is 2. The maximum absolute atomic E-state index is 12.3. The molecule has 0 atom stereocenters. The smallest absolute Gasteiger partial charge is 0.455 e. The SMILES string of the molecule is FC(F)(F)Oc1ccc2c(Oc3ccc(Br)nc3)ccnc2c1. The van der Waals surface area contributed by atoms with E-state index in [0.29, 0.717) is 27.0 Å². The van der Waals surface area contributed by atoms with Gasteiger partial charge in [-0.15, -0.1) is 13.2 Å².